The van der Waals surface area contributed by atoms with Gasteiger partial charge in [0.2, 0.25) is 0 Å². The van der Waals surface area contributed by atoms with Crippen LogP contribution in [0.5, 0.6) is 0 Å². The third kappa shape index (κ3) is 3.07. The lowest BCUT2D eigenvalue weighted by Gasteiger charge is -2.34. The second-order valence-electron chi connectivity index (χ2n) is 4.01. The Morgan fingerprint density at radius 3 is 2.94 bits per heavy atom. The smallest absolute Gasteiger partial charge is 0.255 e. The topological polar surface area (TPSA) is 29.5 Å². The number of halogens is 3. The van der Waals surface area contributed by atoms with Gasteiger partial charge in [0.1, 0.15) is 0 Å². The third-order valence-corrected chi connectivity index (χ3v) is 4.33. The average Bonchev–Trinajstić information content (AvgIpc) is 2.38. The quantitative estimate of drug-likeness (QED) is 0.717. The zero-order valence-electron chi connectivity index (χ0n) is 9.54. The standard InChI is InChI=1S/C12H12Br2ClNO2/c13-8-1-2-10(11(14)5-8)12(17)16-3-4-18-7-9(16)6-15/h1-2,5,9H,3-4,6-7H2. The summed E-state index contributed by atoms with van der Waals surface area (Å²) in [6, 6.07) is 5.47. The van der Waals surface area contributed by atoms with Crippen molar-refractivity contribution in [2.45, 2.75) is 6.04 Å². The largest absolute Gasteiger partial charge is 0.377 e. The van der Waals surface area contributed by atoms with Crippen LogP contribution in [0, 0.1) is 0 Å². The van der Waals surface area contributed by atoms with Crippen LogP contribution in [0.15, 0.2) is 27.1 Å². The van der Waals surface area contributed by atoms with Gasteiger partial charge in [0.05, 0.1) is 24.8 Å². The van der Waals surface area contributed by atoms with E-state index in [0.717, 1.165) is 8.95 Å². The Morgan fingerprint density at radius 1 is 1.50 bits per heavy atom. The average molecular weight is 397 g/mol. The second kappa shape index (κ2) is 6.37. The van der Waals surface area contributed by atoms with Crippen LogP contribution in [0.25, 0.3) is 0 Å². The van der Waals surface area contributed by atoms with E-state index in [9.17, 15) is 4.79 Å². The lowest BCUT2D eigenvalue weighted by Crippen LogP contribution is -2.49. The predicted octanol–water partition coefficient (Wildman–Crippen LogP) is 3.29. The van der Waals surface area contributed by atoms with Crippen LogP contribution >= 0.6 is 43.5 Å². The van der Waals surface area contributed by atoms with Crippen molar-refractivity contribution in [3.05, 3.63) is 32.7 Å². The fourth-order valence-corrected chi connectivity index (χ4v) is 3.34. The minimum absolute atomic E-state index is 0.0108. The third-order valence-electron chi connectivity index (χ3n) is 2.83. The highest BCUT2D eigenvalue weighted by atomic mass is 79.9. The Kier molecular flexibility index (Phi) is 5.06. The van der Waals surface area contributed by atoms with Crippen molar-refractivity contribution in [3.8, 4) is 0 Å². The molecule has 1 aromatic carbocycles. The van der Waals surface area contributed by atoms with Gasteiger partial charge >= 0.3 is 0 Å². The molecule has 0 aromatic heterocycles. The molecule has 1 fully saturated rings. The van der Waals surface area contributed by atoms with Gasteiger partial charge in [-0.15, -0.1) is 11.6 Å². The highest BCUT2D eigenvalue weighted by Gasteiger charge is 2.28. The summed E-state index contributed by atoms with van der Waals surface area (Å²) in [7, 11) is 0. The van der Waals surface area contributed by atoms with Gasteiger partial charge in [-0.25, -0.2) is 0 Å². The van der Waals surface area contributed by atoms with Gasteiger partial charge in [-0.05, 0) is 34.1 Å². The highest BCUT2D eigenvalue weighted by Crippen LogP contribution is 2.24. The molecule has 0 radical (unpaired) electrons. The first-order valence-corrected chi connectivity index (χ1v) is 7.65. The van der Waals surface area contributed by atoms with Crippen molar-refractivity contribution in [1.82, 2.24) is 4.90 Å². The minimum atomic E-state index is -0.0523. The lowest BCUT2D eigenvalue weighted by molar-refractivity contribution is 0.00451. The Labute approximate surface area is 128 Å². The fourth-order valence-electron chi connectivity index (χ4n) is 1.87. The van der Waals surface area contributed by atoms with Gasteiger partial charge in [-0.3, -0.25) is 4.79 Å². The van der Waals surface area contributed by atoms with E-state index in [1.54, 1.807) is 11.0 Å². The van der Waals surface area contributed by atoms with Crippen molar-refractivity contribution in [2.24, 2.45) is 0 Å². The number of amides is 1. The Bertz CT molecular complexity index is 456. The summed E-state index contributed by atoms with van der Waals surface area (Å²) in [4.78, 5) is 14.2. The zero-order chi connectivity index (χ0) is 13.1. The van der Waals surface area contributed by atoms with Crippen molar-refractivity contribution in [1.29, 1.82) is 0 Å². The van der Waals surface area contributed by atoms with Gasteiger partial charge in [-0.1, -0.05) is 15.9 Å². The number of benzene rings is 1. The highest BCUT2D eigenvalue weighted by molar-refractivity contribution is 9.11. The second-order valence-corrected chi connectivity index (χ2v) is 6.08. The molecule has 1 saturated heterocycles. The molecule has 0 bridgehead atoms. The molecule has 1 heterocycles. The van der Waals surface area contributed by atoms with Crippen LogP contribution in [-0.4, -0.2) is 42.5 Å². The SMILES string of the molecule is O=C(c1ccc(Br)cc1Br)N1CCOCC1CCl. The number of hydrogen-bond acceptors (Lipinski definition) is 2. The van der Waals surface area contributed by atoms with E-state index in [-0.39, 0.29) is 11.9 Å². The van der Waals surface area contributed by atoms with E-state index in [0.29, 0.717) is 31.2 Å². The normalized spacial score (nSPS) is 19.9. The first-order chi connectivity index (χ1) is 8.63. The van der Waals surface area contributed by atoms with Gasteiger partial charge < -0.3 is 9.64 Å². The maximum atomic E-state index is 12.5. The van der Waals surface area contributed by atoms with Crippen LogP contribution in [0.3, 0.4) is 0 Å². The number of hydrogen-bond donors (Lipinski definition) is 0. The van der Waals surface area contributed by atoms with Gasteiger partial charge in [-0.2, -0.15) is 0 Å². The molecule has 2 rings (SSSR count). The van der Waals surface area contributed by atoms with Crippen LogP contribution < -0.4 is 0 Å². The van der Waals surface area contributed by atoms with Gasteiger partial charge in [0, 0.05) is 21.4 Å². The number of morpholine rings is 1. The summed E-state index contributed by atoms with van der Waals surface area (Å²) in [6.07, 6.45) is 0. The molecule has 98 valence electrons. The zero-order valence-corrected chi connectivity index (χ0v) is 13.5. The summed E-state index contributed by atoms with van der Waals surface area (Å²) in [6.45, 7) is 1.65. The number of alkyl halides is 1. The summed E-state index contributed by atoms with van der Waals surface area (Å²) in [5.41, 5.74) is 0.648. The Hall–Kier alpha value is -0.100. The molecule has 1 amide bonds. The molecule has 1 unspecified atom stereocenters. The summed E-state index contributed by atoms with van der Waals surface area (Å²) in [5, 5.41) is 0. The molecule has 1 aliphatic rings. The van der Waals surface area contributed by atoms with E-state index in [1.165, 1.54) is 0 Å². The lowest BCUT2D eigenvalue weighted by atomic mass is 10.1. The molecule has 1 atom stereocenters. The molecule has 18 heavy (non-hydrogen) atoms. The summed E-state index contributed by atoms with van der Waals surface area (Å²) >= 11 is 12.7. The number of rotatable bonds is 2. The molecule has 0 aliphatic carbocycles. The van der Waals surface area contributed by atoms with Crippen molar-refractivity contribution >= 4 is 49.4 Å². The van der Waals surface area contributed by atoms with E-state index in [2.05, 4.69) is 31.9 Å². The number of carbonyl (C=O) groups excluding carboxylic acids is 1. The molecule has 6 heteroatoms. The number of ether oxygens (including phenoxy) is 1. The summed E-state index contributed by atoms with van der Waals surface area (Å²) < 4.78 is 7.05. The maximum Gasteiger partial charge on any atom is 0.255 e. The van der Waals surface area contributed by atoms with Crippen molar-refractivity contribution < 1.29 is 9.53 Å². The maximum absolute atomic E-state index is 12.5. The van der Waals surface area contributed by atoms with Crippen LogP contribution in [0.1, 0.15) is 10.4 Å². The van der Waals surface area contributed by atoms with E-state index in [1.807, 2.05) is 12.1 Å². The molecule has 3 nitrogen and oxygen atoms in total. The first-order valence-electron chi connectivity index (χ1n) is 5.53. The Balaban J connectivity index is 2.24. The van der Waals surface area contributed by atoms with E-state index >= 15 is 0 Å². The molecule has 0 saturated carbocycles. The molecule has 1 aliphatic heterocycles. The molecule has 0 spiro atoms. The molecule has 0 N–H and O–H groups in total. The van der Waals surface area contributed by atoms with Gasteiger partial charge in [0.25, 0.3) is 5.91 Å². The van der Waals surface area contributed by atoms with E-state index < -0.39 is 0 Å². The Morgan fingerprint density at radius 2 is 2.28 bits per heavy atom. The van der Waals surface area contributed by atoms with E-state index in [4.69, 9.17) is 16.3 Å². The van der Waals surface area contributed by atoms with Crippen LogP contribution in [0.2, 0.25) is 0 Å². The molecule has 1 aromatic rings. The van der Waals surface area contributed by atoms with Crippen molar-refractivity contribution in [3.63, 3.8) is 0 Å². The van der Waals surface area contributed by atoms with Crippen molar-refractivity contribution in [2.75, 3.05) is 25.6 Å². The predicted molar refractivity (Wildman–Crippen MR) is 78.2 cm³/mol. The molecular weight excluding hydrogens is 385 g/mol. The number of carbonyl (C=O) groups is 1. The minimum Gasteiger partial charge on any atom is -0.377 e. The summed E-state index contributed by atoms with van der Waals surface area (Å²) in [5.74, 6) is 0.378. The van der Waals surface area contributed by atoms with Crippen LogP contribution in [-0.2, 0) is 4.74 Å². The van der Waals surface area contributed by atoms with Crippen LogP contribution in [0.4, 0.5) is 0 Å². The molecular formula is C12H12Br2ClNO2. The van der Waals surface area contributed by atoms with Gasteiger partial charge in [0.15, 0.2) is 0 Å². The first kappa shape index (κ1) is 14.3. The fraction of sp³-hybridized carbons (Fsp3) is 0.417. The monoisotopic (exact) mass is 395 g/mol. The number of nitrogens with zero attached hydrogens (tertiary/aromatic N) is 1.